The maximum atomic E-state index is 5.45. The zero-order valence-corrected chi connectivity index (χ0v) is 8.72. The third kappa shape index (κ3) is 6.62. The molecule has 0 bridgehead atoms. The molecule has 0 heterocycles. The SMILES string of the molecule is [CH2]C(C)(OCCCC)OC(C)C. The Bertz CT molecular complexity index is 108. The van der Waals surface area contributed by atoms with E-state index in [9.17, 15) is 0 Å². The molecule has 73 valence electrons. The van der Waals surface area contributed by atoms with Gasteiger partial charge in [0.15, 0.2) is 5.79 Å². The van der Waals surface area contributed by atoms with Gasteiger partial charge in [0.25, 0.3) is 0 Å². The highest BCUT2D eigenvalue weighted by Crippen LogP contribution is 2.13. The van der Waals surface area contributed by atoms with Crippen LogP contribution in [0.2, 0.25) is 0 Å². The van der Waals surface area contributed by atoms with Crippen molar-refractivity contribution >= 4 is 0 Å². The molecule has 0 saturated heterocycles. The normalized spacial score (nSPS) is 12.5. The van der Waals surface area contributed by atoms with Gasteiger partial charge in [-0.05, 0) is 27.2 Å². The molecule has 0 aliphatic heterocycles. The number of rotatable bonds is 6. The maximum absolute atomic E-state index is 5.45. The molecule has 0 spiro atoms. The lowest BCUT2D eigenvalue weighted by atomic mass is 10.3. The van der Waals surface area contributed by atoms with Crippen molar-refractivity contribution in [2.75, 3.05) is 6.61 Å². The van der Waals surface area contributed by atoms with E-state index in [0.29, 0.717) is 0 Å². The van der Waals surface area contributed by atoms with Crippen molar-refractivity contribution in [2.24, 2.45) is 0 Å². The van der Waals surface area contributed by atoms with E-state index in [4.69, 9.17) is 9.47 Å². The van der Waals surface area contributed by atoms with E-state index in [1.165, 1.54) is 0 Å². The Hall–Kier alpha value is -0.0800. The Morgan fingerprint density at radius 1 is 1.42 bits per heavy atom. The van der Waals surface area contributed by atoms with Crippen molar-refractivity contribution in [3.05, 3.63) is 6.92 Å². The highest BCUT2D eigenvalue weighted by Gasteiger charge is 2.19. The molecular formula is C10H21O2. The van der Waals surface area contributed by atoms with Crippen molar-refractivity contribution in [2.45, 2.75) is 52.4 Å². The van der Waals surface area contributed by atoms with Gasteiger partial charge in [0.1, 0.15) is 0 Å². The molecule has 0 saturated carbocycles. The van der Waals surface area contributed by atoms with Crippen LogP contribution in [0, 0.1) is 6.92 Å². The fourth-order valence-corrected chi connectivity index (χ4v) is 0.965. The van der Waals surface area contributed by atoms with Crippen LogP contribution in [0.1, 0.15) is 40.5 Å². The van der Waals surface area contributed by atoms with Crippen molar-refractivity contribution in [1.82, 2.24) is 0 Å². The van der Waals surface area contributed by atoms with Gasteiger partial charge in [0.2, 0.25) is 0 Å². The van der Waals surface area contributed by atoms with Crippen LogP contribution in [0.25, 0.3) is 0 Å². The predicted octanol–water partition coefficient (Wildman–Crippen LogP) is 2.78. The predicted molar refractivity (Wildman–Crippen MR) is 50.8 cm³/mol. The topological polar surface area (TPSA) is 18.5 Å². The number of unbranched alkanes of at least 4 members (excludes halogenated alkanes) is 1. The second kappa shape index (κ2) is 5.55. The van der Waals surface area contributed by atoms with Crippen molar-refractivity contribution in [3.8, 4) is 0 Å². The summed E-state index contributed by atoms with van der Waals surface area (Å²) in [4.78, 5) is 0. The summed E-state index contributed by atoms with van der Waals surface area (Å²) in [5.74, 6) is -0.677. The molecule has 0 aromatic heterocycles. The molecule has 1 radical (unpaired) electrons. The minimum Gasteiger partial charge on any atom is -0.350 e. The van der Waals surface area contributed by atoms with Gasteiger partial charge in [0.05, 0.1) is 6.10 Å². The molecule has 1 atom stereocenters. The van der Waals surface area contributed by atoms with E-state index < -0.39 is 5.79 Å². The highest BCUT2D eigenvalue weighted by atomic mass is 16.7. The van der Waals surface area contributed by atoms with Crippen molar-refractivity contribution in [3.63, 3.8) is 0 Å². The fourth-order valence-electron chi connectivity index (χ4n) is 0.965. The number of hydrogen-bond donors (Lipinski definition) is 0. The summed E-state index contributed by atoms with van der Waals surface area (Å²) in [6.45, 7) is 12.5. The monoisotopic (exact) mass is 173 g/mol. The highest BCUT2D eigenvalue weighted by molar-refractivity contribution is 4.66. The van der Waals surface area contributed by atoms with Gasteiger partial charge in [-0.2, -0.15) is 0 Å². The third-order valence-electron chi connectivity index (χ3n) is 1.39. The number of hydrogen-bond acceptors (Lipinski definition) is 2. The van der Waals surface area contributed by atoms with Gasteiger partial charge in [-0.1, -0.05) is 13.3 Å². The first-order chi connectivity index (χ1) is 5.48. The van der Waals surface area contributed by atoms with E-state index in [2.05, 4.69) is 13.8 Å². The quantitative estimate of drug-likeness (QED) is 0.454. The Balaban J connectivity index is 3.56. The molecule has 0 aliphatic rings. The molecule has 0 fully saturated rings. The van der Waals surface area contributed by atoms with Crippen LogP contribution in [-0.4, -0.2) is 18.5 Å². The van der Waals surface area contributed by atoms with Crippen LogP contribution >= 0.6 is 0 Å². The second-order valence-electron chi connectivity index (χ2n) is 3.50. The van der Waals surface area contributed by atoms with E-state index in [0.717, 1.165) is 19.4 Å². The van der Waals surface area contributed by atoms with Crippen LogP contribution in [0.4, 0.5) is 0 Å². The third-order valence-corrected chi connectivity index (χ3v) is 1.39. The molecule has 0 amide bonds. The van der Waals surface area contributed by atoms with Gasteiger partial charge < -0.3 is 9.47 Å². The molecule has 0 N–H and O–H groups in total. The lowest BCUT2D eigenvalue weighted by Gasteiger charge is -2.27. The van der Waals surface area contributed by atoms with Gasteiger partial charge >= 0.3 is 0 Å². The average Bonchev–Trinajstić information content (AvgIpc) is 1.84. The Kier molecular flexibility index (Phi) is 5.51. The van der Waals surface area contributed by atoms with E-state index in [1.54, 1.807) is 0 Å². The largest absolute Gasteiger partial charge is 0.350 e. The first-order valence-corrected chi connectivity index (χ1v) is 4.65. The summed E-state index contributed by atoms with van der Waals surface area (Å²) >= 11 is 0. The Labute approximate surface area is 76.3 Å². The van der Waals surface area contributed by atoms with Crippen molar-refractivity contribution in [1.29, 1.82) is 0 Å². The molecule has 1 unspecified atom stereocenters. The van der Waals surface area contributed by atoms with Crippen LogP contribution in [0.15, 0.2) is 0 Å². The van der Waals surface area contributed by atoms with Crippen LogP contribution in [-0.2, 0) is 9.47 Å². The van der Waals surface area contributed by atoms with E-state index >= 15 is 0 Å². The maximum Gasteiger partial charge on any atom is 0.166 e. The molecule has 2 nitrogen and oxygen atoms in total. The minimum absolute atomic E-state index is 0.161. The summed E-state index contributed by atoms with van der Waals surface area (Å²) in [6, 6.07) is 0. The standard InChI is InChI=1S/C10H21O2/c1-6-7-8-11-10(4,5)12-9(2)3/h9H,4,6-8H2,1-3,5H3. The molecule has 0 aliphatic carbocycles. The average molecular weight is 173 g/mol. The lowest BCUT2D eigenvalue weighted by Crippen LogP contribution is -2.32. The van der Waals surface area contributed by atoms with E-state index in [-0.39, 0.29) is 6.10 Å². The summed E-state index contributed by atoms with van der Waals surface area (Å²) in [7, 11) is 0. The van der Waals surface area contributed by atoms with Crippen LogP contribution in [0.3, 0.4) is 0 Å². The first kappa shape index (κ1) is 11.9. The lowest BCUT2D eigenvalue weighted by molar-refractivity contribution is -0.213. The van der Waals surface area contributed by atoms with E-state index in [1.807, 2.05) is 20.8 Å². The van der Waals surface area contributed by atoms with Gasteiger partial charge in [0, 0.05) is 13.5 Å². The summed E-state index contributed by atoms with van der Waals surface area (Å²) in [5, 5.41) is 0. The summed E-state index contributed by atoms with van der Waals surface area (Å²) < 4.78 is 10.9. The number of ether oxygens (including phenoxy) is 2. The summed E-state index contributed by atoms with van der Waals surface area (Å²) in [6.07, 6.45) is 2.36. The Morgan fingerprint density at radius 3 is 2.42 bits per heavy atom. The summed E-state index contributed by atoms with van der Waals surface area (Å²) in [5.41, 5.74) is 0. The second-order valence-corrected chi connectivity index (χ2v) is 3.50. The molecular weight excluding hydrogens is 152 g/mol. The Morgan fingerprint density at radius 2 is 2.00 bits per heavy atom. The molecule has 12 heavy (non-hydrogen) atoms. The molecule has 0 rings (SSSR count). The zero-order chi connectivity index (χ0) is 9.61. The van der Waals surface area contributed by atoms with Gasteiger partial charge in [-0.25, -0.2) is 0 Å². The van der Waals surface area contributed by atoms with Crippen LogP contribution in [0.5, 0.6) is 0 Å². The van der Waals surface area contributed by atoms with Gasteiger partial charge in [-0.3, -0.25) is 0 Å². The minimum atomic E-state index is -0.677. The van der Waals surface area contributed by atoms with Crippen molar-refractivity contribution < 1.29 is 9.47 Å². The molecule has 0 aromatic rings. The smallest absolute Gasteiger partial charge is 0.166 e. The zero-order valence-electron chi connectivity index (χ0n) is 8.72. The van der Waals surface area contributed by atoms with Crippen LogP contribution < -0.4 is 0 Å². The fraction of sp³-hybridized carbons (Fsp3) is 0.900. The molecule has 2 heteroatoms. The van der Waals surface area contributed by atoms with Gasteiger partial charge in [-0.15, -0.1) is 0 Å². The molecule has 0 aromatic carbocycles. The first-order valence-electron chi connectivity index (χ1n) is 4.65.